The van der Waals surface area contributed by atoms with Crippen molar-refractivity contribution in [3.05, 3.63) is 95.6 Å². The highest BCUT2D eigenvalue weighted by atomic mass is 32.2. The highest BCUT2D eigenvalue weighted by Crippen LogP contribution is 2.46. The maximum absolute atomic E-state index is 12.6. The van der Waals surface area contributed by atoms with E-state index in [1.54, 1.807) is 24.3 Å². The predicted molar refractivity (Wildman–Crippen MR) is 103 cm³/mol. The molecule has 0 bridgehead atoms. The zero-order valence-electron chi connectivity index (χ0n) is 14.9. The highest BCUT2D eigenvalue weighted by Gasteiger charge is 2.36. The molecule has 2 atom stereocenters. The molecule has 3 aromatic carbocycles. The van der Waals surface area contributed by atoms with E-state index in [4.69, 9.17) is 8.92 Å². The fraction of sp³-hybridized carbons (Fsp3) is 0.182. The fourth-order valence-electron chi connectivity index (χ4n) is 3.33. The van der Waals surface area contributed by atoms with E-state index in [1.165, 1.54) is 0 Å². The lowest BCUT2D eigenvalue weighted by molar-refractivity contribution is 0.172. The van der Waals surface area contributed by atoms with Crippen molar-refractivity contribution in [2.75, 3.05) is 6.61 Å². The van der Waals surface area contributed by atoms with Crippen LogP contribution in [0.4, 0.5) is 0 Å². The summed E-state index contributed by atoms with van der Waals surface area (Å²) in [5.41, 5.74) is 2.96. The van der Waals surface area contributed by atoms with Gasteiger partial charge in [-0.05, 0) is 30.7 Å². The smallest absolute Gasteiger partial charge is 0.296 e. The van der Waals surface area contributed by atoms with Gasteiger partial charge in [-0.2, -0.15) is 8.42 Å². The highest BCUT2D eigenvalue weighted by molar-refractivity contribution is 7.86. The van der Waals surface area contributed by atoms with Gasteiger partial charge in [0.15, 0.2) is 0 Å². The van der Waals surface area contributed by atoms with Gasteiger partial charge in [0.2, 0.25) is 0 Å². The number of benzene rings is 3. The van der Waals surface area contributed by atoms with Gasteiger partial charge in [-0.25, -0.2) is 0 Å². The fourth-order valence-corrected chi connectivity index (χ4v) is 4.26. The molecule has 0 radical (unpaired) electrons. The summed E-state index contributed by atoms with van der Waals surface area (Å²) in [7, 11) is -3.83. The molecule has 4 rings (SSSR count). The Kier molecular flexibility index (Phi) is 4.72. The van der Waals surface area contributed by atoms with Gasteiger partial charge in [0.1, 0.15) is 11.9 Å². The third kappa shape index (κ3) is 3.61. The van der Waals surface area contributed by atoms with Gasteiger partial charge in [0.25, 0.3) is 10.1 Å². The molecule has 27 heavy (non-hydrogen) atoms. The van der Waals surface area contributed by atoms with Gasteiger partial charge < -0.3 is 4.74 Å². The van der Waals surface area contributed by atoms with Gasteiger partial charge in [-0.3, -0.25) is 4.18 Å². The number of rotatable bonds is 5. The summed E-state index contributed by atoms with van der Waals surface area (Å²) < 4.78 is 36.7. The molecule has 138 valence electrons. The first-order valence-electron chi connectivity index (χ1n) is 8.81. The minimum atomic E-state index is -3.83. The monoisotopic (exact) mass is 380 g/mol. The van der Waals surface area contributed by atoms with Crippen LogP contribution in [0.3, 0.4) is 0 Å². The van der Waals surface area contributed by atoms with Crippen molar-refractivity contribution in [1.29, 1.82) is 0 Å². The summed E-state index contributed by atoms with van der Waals surface area (Å²) in [5, 5.41) is 0. The second kappa shape index (κ2) is 7.18. The van der Waals surface area contributed by atoms with Crippen molar-refractivity contribution in [1.82, 2.24) is 0 Å². The Bertz CT molecular complexity index is 1030. The zero-order chi connectivity index (χ0) is 18.9. The van der Waals surface area contributed by atoms with Crippen LogP contribution < -0.4 is 4.74 Å². The molecule has 1 aliphatic heterocycles. The molecule has 0 N–H and O–H groups in total. The van der Waals surface area contributed by atoms with Gasteiger partial charge in [0.05, 0.1) is 17.4 Å². The molecule has 5 heteroatoms. The van der Waals surface area contributed by atoms with E-state index in [0.717, 1.165) is 22.4 Å². The maximum Gasteiger partial charge on any atom is 0.296 e. The maximum atomic E-state index is 12.6. The Morgan fingerprint density at radius 3 is 2.30 bits per heavy atom. The van der Waals surface area contributed by atoms with E-state index in [-0.39, 0.29) is 23.5 Å². The van der Waals surface area contributed by atoms with Crippen LogP contribution in [0.5, 0.6) is 5.75 Å². The van der Waals surface area contributed by atoms with Crippen molar-refractivity contribution < 1.29 is 17.3 Å². The largest absolute Gasteiger partial charge is 0.485 e. The number of aryl methyl sites for hydroxylation is 1. The second-order valence-corrected chi connectivity index (χ2v) is 8.26. The number of ether oxygens (including phenoxy) is 1. The molecule has 0 unspecified atom stereocenters. The van der Waals surface area contributed by atoms with Gasteiger partial charge >= 0.3 is 0 Å². The summed E-state index contributed by atoms with van der Waals surface area (Å²) in [5.74, 6) is 0.566. The van der Waals surface area contributed by atoms with Gasteiger partial charge in [-0.15, -0.1) is 0 Å². The second-order valence-electron chi connectivity index (χ2n) is 6.65. The van der Waals surface area contributed by atoms with E-state index < -0.39 is 10.1 Å². The third-order valence-corrected chi connectivity index (χ3v) is 6.07. The standard InChI is InChI=1S/C22H20O4S/c1-16-11-13-18(14-12-16)27(23,24)25-15-20-19-9-5-6-10-21(19)26-22(20)17-7-3-2-4-8-17/h2-14,20,22H,15H2,1H3/t20-,22+/m0/s1. The summed E-state index contributed by atoms with van der Waals surface area (Å²) >= 11 is 0. The number of para-hydroxylation sites is 1. The minimum Gasteiger partial charge on any atom is -0.485 e. The molecule has 3 aromatic rings. The van der Waals surface area contributed by atoms with Crippen LogP contribution >= 0.6 is 0 Å². The molecule has 4 nitrogen and oxygen atoms in total. The quantitative estimate of drug-likeness (QED) is 0.606. The molecule has 1 aliphatic rings. The number of hydrogen-bond acceptors (Lipinski definition) is 4. The Morgan fingerprint density at radius 2 is 1.56 bits per heavy atom. The number of hydrogen-bond donors (Lipinski definition) is 0. The summed E-state index contributed by atoms with van der Waals surface area (Å²) in [6, 6.07) is 24.2. The first-order chi connectivity index (χ1) is 13.0. The van der Waals surface area contributed by atoms with Crippen LogP contribution in [0.25, 0.3) is 0 Å². The first-order valence-corrected chi connectivity index (χ1v) is 10.2. The average Bonchev–Trinajstić information content (AvgIpc) is 3.06. The van der Waals surface area contributed by atoms with E-state index in [9.17, 15) is 8.42 Å². The molecule has 0 saturated heterocycles. The van der Waals surface area contributed by atoms with E-state index in [0.29, 0.717) is 0 Å². The SMILES string of the molecule is Cc1ccc(S(=O)(=O)OC[C@H]2c3ccccc3O[C@@H]2c2ccccc2)cc1. The van der Waals surface area contributed by atoms with Crippen molar-refractivity contribution in [2.24, 2.45) is 0 Å². The molecule has 1 heterocycles. The summed E-state index contributed by atoms with van der Waals surface area (Å²) in [6.45, 7) is 1.93. The summed E-state index contributed by atoms with van der Waals surface area (Å²) in [6.07, 6.45) is -0.281. The Morgan fingerprint density at radius 1 is 0.889 bits per heavy atom. The van der Waals surface area contributed by atoms with Crippen molar-refractivity contribution in [3.8, 4) is 5.75 Å². The molecular formula is C22H20O4S. The molecule has 0 amide bonds. The molecular weight excluding hydrogens is 360 g/mol. The van der Waals surface area contributed by atoms with Crippen LogP contribution in [-0.4, -0.2) is 15.0 Å². The van der Waals surface area contributed by atoms with E-state index in [1.807, 2.05) is 61.5 Å². The minimum absolute atomic E-state index is 0.0206. The molecule has 0 spiro atoms. The molecule has 0 aliphatic carbocycles. The molecule has 0 fully saturated rings. The lowest BCUT2D eigenvalue weighted by Crippen LogP contribution is -2.18. The predicted octanol–water partition coefficient (Wildman–Crippen LogP) is 4.62. The van der Waals surface area contributed by atoms with Crippen molar-refractivity contribution in [2.45, 2.75) is 23.8 Å². The Hall–Kier alpha value is -2.63. The van der Waals surface area contributed by atoms with Gasteiger partial charge in [-0.1, -0.05) is 66.2 Å². The van der Waals surface area contributed by atoms with E-state index in [2.05, 4.69) is 0 Å². The first kappa shape index (κ1) is 17.8. The van der Waals surface area contributed by atoms with E-state index >= 15 is 0 Å². The Balaban J connectivity index is 1.61. The lowest BCUT2D eigenvalue weighted by Gasteiger charge is -2.19. The Labute approximate surface area is 159 Å². The van der Waals surface area contributed by atoms with Crippen LogP contribution in [0.1, 0.15) is 28.7 Å². The van der Waals surface area contributed by atoms with Crippen molar-refractivity contribution >= 4 is 10.1 Å². The van der Waals surface area contributed by atoms with Gasteiger partial charge in [0, 0.05) is 5.56 Å². The normalized spacial score (nSPS) is 18.7. The van der Waals surface area contributed by atoms with Crippen LogP contribution in [0, 0.1) is 6.92 Å². The summed E-state index contributed by atoms with van der Waals surface area (Å²) in [4.78, 5) is 0.163. The average molecular weight is 380 g/mol. The zero-order valence-corrected chi connectivity index (χ0v) is 15.7. The third-order valence-electron chi connectivity index (χ3n) is 4.78. The molecule has 0 aromatic heterocycles. The molecule has 0 saturated carbocycles. The lowest BCUT2D eigenvalue weighted by atomic mass is 9.92. The van der Waals surface area contributed by atoms with Crippen LogP contribution in [-0.2, 0) is 14.3 Å². The van der Waals surface area contributed by atoms with Crippen LogP contribution in [0.2, 0.25) is 0 Å². The topological polar surface area (TPSA) is 52.6 Å². The van der Waals surface area contributed by atoms with Crippen molar-refractivity contribution in [3.63, 3.8) is 0 Å². The number of fused-ring (bicyclic) bond motifs is 1. The van der Waals surface area contributed by atoms with Crippen LogP contribution in [0.15, 0.2) is 83.8 Å².